The van der Waals surface area contributed by atoms with Crippen molar-refractivity contribution in [2.75, 3.05) is 5.75 Å². The van der Waals surface area contributed by atoms with Crippen molar-refractivity contribution in [2.24, 2.45) is 7.05 Å². The summed E-state index contributed by atoms with van der Waals surface area (Å²) in [4.78, 5) is 11.8. The smallest absolute Gasteiger partial charge is 0.335 e. The normalized spacial score (nSPS) is 10.5. The van der Waals surface area contributed by atoms with E-state index in [4.69, 9.17) is 5.11 Å². The van der Waals surface area contributed by atoms with E-state index in [1.54, 1.807) is 28.6 Å². The molecule has 0 fully saturated rings. The third-order valence-corrected chi connectivity index (χ3v) is 3.53. The molecule has 2 aromatic rings. The minimum atomic E-state index is -0.887. The van der Waals surface area contributed by atoms with E-state index < -0.39 is 5.97 Å². The largest absolute Gasteiger partial charge is 0.478 e. The van der Waals surface area contributed by atoms with Crippen LogP contribution >= 0.6 is 11.8 Å². The van der Waals surface area contributed by atoms with Crippen molar-refractivity contribution >= 4 is 17.7 Å². The van der Waals surface area contributed by atoms with Crippen LogP contribution < -0.4 is 0 Å². The summed E-state index contributed by atoms with van der Waals surface area (Å²) in [5, 5.41) is 12.9. The molecule has 1 aromatic heterocycles. The summed E-state index contributed by atoms with van der Waals surface area (Å²) in [6, 6.07) is 6.96. The average Bonchev–Trinajstić information content (AvgIpc) is 2.76. The van der Waals surface area contributed by atoms with Gasteiger partial charge in [-0.3, -0.25) is 4.68 Å². The van der Waals surface area contributed by atoms with E-state index in [2.05, 4.69) is 5.10 Å². The summed E-state index contributed by atoms with van der Waals surface area (Å²) in [7, 11) is 1.90. The molecule has 18 heavy (non-hydrogen) atoms. The van der Waals surface area contributed by atoms with Gasteiger partial charge in [0.25, 0.3) is 0 Å². The zero-order valence-corrected chi connectivity index (χ0v) is 10.9. The topological polar surface area (TPSA) is 55.1 Å². The fourth-order valence-corrected chi connectivity index (χ4v) is 2.48. The summed E-state index contributed by atoms with van der Waals surface area (Å²) < 4.78 is 1.79. The first kappa shape index (κ1) is 12.7. The second-order valence-corrected chi connectivity index (χ2v) is 5.12. The van der Waals surface area contributed by atoms with E-state index in [0.717, 1.165) is 17.1 Å². The van der Waals surface area contributed by atoms with Gasteiger partial charge in [-0.15, -0.1) is 11.8 Å². The van der Waals surface area contributed by atoms with Crippen LogP contribution in [-0.4, -0.2) is 26.6 Å². The lowest BCUT2D eigenvalue weighted by Crippen LogP contribution is -1.95. The molecule has 0 atom stereocenters. The molecule has 1 aromatic carbocycles. The maximum absolute atomic E-state index is 10.7. The van der Waals surface area contributed by atoms with Gasteiger partial charge in [-0.2, -0.15) is 5.10 Å². The molecule has 1 N–H and O–H groups in total. The van der Waals surface area contributed by atoms with Gasteiger partial charge in [0.15, 0.2) is 0 Å². The lowest BCUT2D eigenvalue weighted by atomic mass is 10.2. The van der Waals surface area contributed by atoms with Gasteiger partial charge < -0.3 is 5.11 Å². The number of carboxylic acids is 1. The van der Waals surface area contributed by atoms with E-state index in [-0.39, 0.29) is 0 Å². The van der Waals surface area contributed by atoms with Gasteiger partial charge in [-0.25, -0.2) is 4.79 Å². The highest BCUT2D eigenvalue weighted by Gasteiger charge is 2.02. The quantitative estimate of drug-likeness (QED) is 0.841. The van der Waals surface area contributed by atoms with Gasteiger partial charge in [0.2, 0.25) is 0 Å². The van der Waals surface area contributed by atoms with Crippen molar-refractivity contribution in [3.63, 3.8) is 0 Å². The van der Waals surface area contributed by atoms with Crippen molar-refractivity contribution in [1.82, 2.24) is 9.78 Å². The van der Waals surface area contributed by atoms with E-state index in [0.29, 0.717) is 5.56 Å². The molecule has 4 nitrogen and oxygen atoms in total. The minimum Gasteiger partial charge on any atom is -0.478 e. The molecule has 0 amide bonds. The molecule has 0 aliphatic carbocycles. The van der Waals surface area contributed by atoms with Crippen molar-refractivity contribution < 1.29 is 9.90 Å². The van der Waals surface area contributed by atoms with Crippen molar-refractivity contribution in [2.45, 2.75) is 11.3 Å². The summed E-state index contributed by atoms with van der Waals surface area (Å²) in [6.07, 6.45) is 4.83. The molecule has 0 saturated heterocycles. The zero-order valence-electron chi connectivity index (χ0n) is 10.0. The maximum Gasteiger partial charge on any atom is 0.335 e. The number of nitrogens with zero attached hydrogens (tertiary/aromatic N) is 2. The van der Waals surface area contributed by atoms with Crippen LogP contribution in [0.25, 0.3) is 0 Å². The standard InChI is InChI=1S/C13H14N2O2S/c1-15-9-10(8-14-15)6-7-18-12-4-2-11(3-5-12)13(16)17/h2-5,8-9H,6-7H2,1H3,(H,16,17). The number of rotatable bonds is 5. The van der Waals surface area contributed by atoms with Gasteiger partial charge in [0.1, 0.15) is 0 Å². The summed E-state index contributed by atoms with van der Waals surface area (Å²) in [5.41, 5.74) is 1.54. The van der Waals surface area contributed by atoms with Gasteiger partial charge in [-0.1, -0.05) is 0 Å². The van der Waals surface area contributed by atoms with Crippen molar-refractivity contribution in [3.8, 4) is 0 Å². The van der Waals surface area contributed by atoms with Crippen LogP contribution in [0.15, 0.2) is 41.6 Å². The third-order valence-electron chi connectivity index (χ3n) is 2.52. The van der Waals surface area contributed by atoms with Crippen LogP contribution in [0.2, 0.25) is 0 Å². The van der Waals surface area contributed by atoms with Gasteiger partial charge in [-0.05, 0) is 36.2 Å². The molecule has 94 valence electrons. The Hall–Kier alpha value is -1.75. The zero-order chi connectivity index (χ0) is 13.0. The number of hydrogen-bond donors (Lipinski definition) is 1. The molecule has 0 bridgehead atoms. The highest BCUT2D eigenvalue weighted by atomic mass is 32.2. The second-order valence-electron chi connectivity index (χ2n) is 3.95. The predicted molar refractivity (Wildman–Crippen MR) is 71.0 cm³/mol. The highest BCUT2D eigenvalue weighted by molar-refractivity contribution is 7.99. The third kappa shape index (κ3) is 3.37. The lowest BCUT2D eigenvalue weighted by Gasteiger charge is -2.01. The predicted octanol–water partition coefficient (Wildman–Crippen LogP) is 2.45. The molecule has 0 radical (unpaired) electrons. The molecular weight excluding hydrogens is 248 g/mol. The average molecular weight is 262 g/mol. The Bertz CT molecular complexity index is 534. The van der Waals surface area contributed by atoms with Gasteiger partial charge >= 0.3 is 5.97 Å². The van der Waals surface area contributed by atoms with E-state index in [9.17, 15) is 4.79 Å². The number of hydrogen-bond acceptors (Lipinski definition) is 3. The van der Waals surface area contributed by atoms with Crippen LogP contribution in [0.1, 0.15) is 15.9 Å². The van der Waals surface area contributed by atoms with Crippen molar-refractivity contribution in [3.05, 3.63) is 47.8 Å². The van der Waals surface area contributed by atoms with E-state index >= 15 is 0 Å². The van der Waals surface area contributed by atoms with E-state index in [1.165, 1.54) is 5.56 Å². The van der Waals surface area contributed by atoms with Gasteiger partial charge in [0.05, 0.1) is 11.8 Å². The Labute approximate surface area is 110 Å². The van der Waals surface area contributed by atoms with Crippen LogP contribution in [-0.2, 0) is 13.5 Å². The van der Waals surface area contributed by atoms with Crippen LogP contribution in [0.5, 0.6) is 0 Å². The molecule has 0 aliphatic rings. The Balaban J connectivity index is 1.85. The maximum atomic E-state index is 10.7. The first-order valence-electron chi connectivity index (χ1n) is 5.59. The number of carbonyl (C=O) groups is 1. The molecule has 0 unspecified atom stereocenters. The minimum absolute atomic E-state index is 0.326. The summed E-state index contributed by atoms with van der Waals surface area (Å²) >= 11 is 1.71. The summed E-state index contributed by atoms with van der Waals surface area (Å²) in [5.74, 6) is 0.0693. The Morgan fingerprint density at radius 3 is 2.67 bits per heavy atom. The molecular formula is C13H14N2O2S. The number of aromatic nitrogens is 2. The first-order valence-corrected chi connectivity index (χ1v) is 6.57. The van der Waals surface area contributed by atoms with Gasteiger partial charge in [0, 0.05) is 23.9 Å². The summed E-state index contributed by atoms with van der Waals surface area (Å²) in [6.45, 7) is 0. The first-order chi connectivity index (χ1) is 8.65. The number of benzene rings is 1. The Kier molecular flexibility index (Phi) is 4.04. The molecule has 0 aliphatic heterocycles. The fourth-order valence-electron chi connectivity index (χ4n) is 1.58. The Morgan fingerprint density at radius 1 is 1.39 bits per heavy atom. The highest BCUT2D eigenvalue weighted by Crippen LogP contribution is 2.19. The lowest BCUT2D eigenvalue weighted by molar-refractivity contribution is 0.0697. The molecule has 0 saturated carbocycles. The van der Waals surface area contributed by atoms with Crippen LogP contribution in [0, 0.1) is 0 Å². The number of carboxylic acid groups (broad SMARTS) is 1. The SMILES string of the molecule is Cn1cc(CCSc2ccc(C(=O)O)cc2)cn1. The molecule has 2 rings (SSSR count). The van der Waals surface area contributed by atoms with E-state index in [1.807, 2.05) is 31.6 Å². The molecule has 0 spiro atoms. The number of aromatic carboxylic acids is 1. The number of thioether (sulfide) groups is 1. The monoisotopic (exact) mass is 262 g/mol. The number of aryl methyl sites for hydroxylation is 2. The fraction of sp³-hybridized carbons (Fsp3) is 0.231. The van der Waals surface area contributed by atoms with Crippen LogP contribution in [0.4, 0.5) is 0 Å². The van der Waals surface area contributed by atoms with Crippen LogP contribution in [0.3, 0.4) is 0 Å². The van der Waals surface area contributed by atoms with Crippen molar-refractivity contribution in [1.29, 1.82) is 0 Å². The molecule has 5 heteroatoms. The second kappa shape index (κ2) is 5.73. The molecule has 1 heterocycles. The Morgan fingerprint density at radius 2 is 2.11 bits per heavy atom.